The van der Waals surface area contributed by atoms with Crippen LogP contribution in [0.3, 0.4) is 0 Å². The van der Waals surface area contributed by atoms with Crippen molar-refractivity contribution in [3.05, 3.63) is 0 Å². The topological polar surface area (TPSA) is 24.1 Å². The predicted octanol–water partition coefficient (Wildman–Crippen LogP) is -0.176. The van der Waals surface area contributed by atoms with E-state index in [2.05, 4.69) is 10.6 Å². The van der Waals surface area contributed by atoms with E-state index in [1.807, 2.05) is 25.9 Å². The van der Waals surface area contributed by atoms with Crippen molar-refractivity contribution in [2.75, 3.05) is 14.1 Å². The molecule has 1 rings (SSSR count). The number of nitrogens with one attached hydrogen (secondary N) is 2. The van der Waals surface area contributed by atoms with Gasteiger partial charge in [0.1, 0.15) is 0 Å². The van der Waals surface area contributed by atoms with Crippen LogP contribution in [0, 0.1) is 0 Å². The van der Waals surface area contributed by atoms with Crippen molar-refractivity contribution in [3.63, 3.8) is 0 Å². The van der Waals surface area contributed by atoms with E-state index in [9.17, 15) is 0 Å². The standard InChI is InChI=1S/C4H10N2S/c1-5-3-4(6-2)7-3/h3-6H,1-2H3. The molecule has 7 heavy (non-hydrogen) atoms. The average molecular weight is 118 g/mol. The average Bonchev–Trinajstić information content (AvgIpc) is 2.43. The van der Waals surface area contributed by atoms with Gasteiger partial charge in [-0.2, -0.15) is 0 Å². The van der Waals surface area contributed by atoms with Gasteiger partial charge in [0.2, 0.25) is 0 Å². The van der Waals surface area contributed by atoms with Gasteiger partial charge in [-0.1, -0.05) is 0 Å². The lowest BCUT2D eigenvalue weighted by atomic mass is 10.6. The first-order chi connectivity index (χ1) is 3.38. The van der Waals surface area contributed by atoms with Gasteiger partial charge in [0.25, 0.3) is 0 Å². The predicted molar refractivity (Wildman–Crippen MR) is 33.3 cm³/mol. The summed E-state index contributed by atoms with van der Waals surface area (Å²) in [6.07, 6.45) is 0. The van der Waals surface area contributed by atoms with Crippen molar-refractivity contribution >= 4 is 11.8 Å². The molecular formula is C4H10N2S. The molecule has 2 unspecified atom stereocenters. The Morgan fingerprint density at radius 2 is 1.57 bits per heavy atom. The lowest BCUT2D eigenvalue weighted by molar-refractivity contribution is 0.708. The molecule has 1 heterocycles. The minimum absolute atomic E-state index is 0.671. The van der Waals surface area contributed by atoms with Gasteiger partial charge in [-0.05, 0) is 14.1 Å². The minimum Gasteiger partial charge on any atom is -0.306 e. The number of hydrogen-bond donors (Lipinski definition) is 2. The van der Waals surface area contributed by atoms with E-state index >= 15 is 0 Å². The quantitative estimate of drug-likeness (QED) is 0.492. The van der Waals surface area contributed by atoms with E-state index in [1.54, 1.807) is 0 Å². The minimum atomic E-state index is 0.671. The maximum absolute atomic E-state index is 3.14. The number of thioether (sulfide) groups is 1. The maximum atomic E-state index is 3.14. The molecule has 2 nitrogen and oxygen atoms in total. The van der Waals surface area contributed by atoms with Crippen LogP contribution in [0.15, 0.2) is 0 Å². The van der Waals surface area contributed by atoms with E-state index in [-0.39, 0.29) is 0 Å². The fraction of sp³-hybridized carbons (Fsp3) is 1.00. The Hall–Kier alpha value is 0.270. The summed E-state index contributed by atoms with van der Waals surface area (Å²) in [7, 11) is 3.96. The highest BCUT2D eigenvalue weighted by atomic mass is 32.2. The van der Waals surface area contributed by atoms with Crippen LogP contribution in [-0.4, -0.2) is 24.8 Å². The van der Waals surface area contributed by atoms with Crippen molar-refractivity contribution in [3.8, 4) is 0 Å². The molecule has 1 aliphatic heterocycles. The van der Waals surface area contributed by atoms with E-state index in [0.29, 0.717) is 10.7 Å². The van der Waals surface area contributed by atoms with E-state index in [0.717, 1.165) is 0 Å². The van der Waals surface area contributed by atoms with E-state index in [1.165, 1.54) is 0 Å². The first-order valence-corrected chi connectivity index (χ1v) is 3.32. The summed E-state index contributed by atoms with van der Waals surface area (Å²) < 4.78 is 0. The third-order valence-corrected chi connectivity index (χ3v) is 2.35. The van der Waals surface area contributed by atoms with Crippen molar-refractivity contribution in [1.82, 2.24) is 10.6 Å². The van der Waals surface area contributed by atoms with Crippen LogP contribution in [0.5, 0.6) is 0 Å². The molecule has 0 aromatic carbocycles. The summed E-state index contributed by atoms with van der Waals surface area (Å²) in [4.78, 5) is 0. The Morgan fingerprint density at radius 3 is 1.71 bits per heavy atom. The fourth-order valence-corrected chi connectivity index (χ4v) is 1.32. The van der Waals surface area contributed by atoms with E-state index in [4.69, 9.17) is 0 Å². The highest BCUT2D eigenvalue weighted by molar-refractivity contribution is 8.07. The zero-order valence-corrected chi connectivity index (χ0v) is 5.38. The molecule has 42 valence electrons. The Morgan fingerprint density at radius 1 is 1.14 bits per heavy atom. The van der Waals surface area contributed by atoms with Gasteiger partial charge in [0.05, 0.1) is 10.7 Å². The summed E-state index contributed by atoms with van der Waals surface area (Å²) in [5, 5.41) is 7.62. The molecule has 0 aromatic rings. The largest absolute Gasteiger partial charge is 0.306 e. The molecule has 1 fully saturated rings. The van der Waals surface area contributed by atoms with Crippen LogP contribution < -0.4 is 10.6 Å². The van der Waals surface area contributed by atoms with Gasteiger partial charge < -0.3 is 10.6 Å². The van der Waals surface area contributed by atoms with Gasteiger partial charge in [-0.15, -0.1) is 11.8 Å². The molecule has 3 heteroatoms. The summed E-state index contributed by atoms with van der Waals surface area (Å²) in [6.45, 7) is 0. The normalized spacial score (nSPS) is 38.6. The molecule has 0 aromatic heterocycles. The number of rotatable bonds is 2. The highest BCUT2D eigenvalue weighted by Crippen LogP contribution is 2.35. The second-order valence-electron chi connectivity index (χ2n) is 1.55. The molecule has 1 aliphatic rings. The SMILES string of the molecule is CNC1SC1NC. The lowest BCUT2D eigenvalue weighted by Gasteiger charge is -1.88. The third-order valence-electron chi connectivity index (χ3n) is 1.06. The fourth-order valence-electron chi connectivity index (χ4n) is 0.551. The molecule has 2 N–H and O–H groups in total. The van der Waals surface area contributed by atoms with Gasteiger partial charge in [-0.25, -0.2) is 0 Å². The van der Waals surface area contributed by atoms with Crippen LogP contribution >= 0.6 is 11.8 Å². The number of hydrogen-bond acceptors (Lipinski definition) is 3. The van der Waals surface area contributed by atoms with Gasteiger partial charge in [0, 0.05) is 0 Å². The smallest absolute Gasteiger partial charge is 0.0797 e. The second-order valence-corrected chi connectivity index (χ2v) is 2.84. The summed E-state index contributed by atoms with van der Waals surface area (Å²) in [6, 6.07) is 0. The molecule has 1 saturated heterocycles. The second kappa shape index (κ2) is 2.03. The Labute approximate surface area is 48.1 Å². The van der Waals surface area contributed by atoms with Crippen molar-refractivity contribution < 1.29 is 0 Å². The highest BCUT2D eigenvalue weighted by Gasteiger charge is 2.34. The zero-order chi connectivity index (χ0) is 5.28. The summed E-state index contributed by atoms with van der Waals surface area (Å²) >= 11 is 1.91. The van der Waals surface area contributed by atoms with Crippen molar-refractivity contribution in [2.24, 2.45) is 0 Å². The Kier molecular flexibility index (Phi) is 1.57. The Balaban J connectivity index is 2.06. The first-order valence-electron chi connectivity index (χ1n) is 2.38. The molecule has 0 saturated carbocycles. The molecule has 0 spiro atoms. The zero-order valence-electron chi connectivity index (χ0n) is 4.56. The molecular weight excluding hydrogens is 108 g/mol. The van der Waals surface area contributed by atoms with Crippen LogP contribution in [0.25, 0.3) is 0 Å². The third kappa shape index (κ3) is 1.08. The van der Waals surface area contributed by atoms with Crippen molar-refractivity contribution in [1.29, 1.82) is 0 Å². The number of likely N-dealkylation sites (N-methyl/N-ethyl adjacent to an activating group) is 2. The molecule has 0 bridgehead atoms. The monoisotopic (exact) mass is 118 g/mol. The molecule has 0 aliphatic carbocycles. The molecule has 0 amide bonds. The van der Waals surface area contributed by atoms with Gasteiger partial charge in [0.15, 0.2) is 0 Å². The van der Waals surface area contributed by atoms with Crippen molar-refractivity contribution in [2.45, 2.75) is 10.7 Å². The van der Waals surface area contributed by atoms with E-state index < -0.39 is 0 Å². The Bertz CT molecular complexity index is 58.7. The lowest BCUT2D eigenvalue weighted by Crippen LogP contribution is -2.21. The van der Waals surface area contributed by atoms with Crippen LogP contribution in [0.1, 0.15) is 0 Å². The molecule has 0 radical (unpaired) electrons. The van der Waals surface area contributed by atoms with Gasteiger partial charge in [-0.3, -0.25) is 0 Å². The van der Waals surface area contributed by atoms with Gasteiger partial charge >= 0.3 is 0 Å². The molecule has 2 atom stereocenters. The first kappa shape index (κ1) is 5.41. The van der Waals surface area contributed by atoms with Crippen LogP contribution in [-0.2, 0) is 0 Å². The summed E-state index contributed by atoms with van der Waals surface area (Å²) in [5.41, 5.74) is 0. The summed E-state index contributed by atoms with van der Waals surface area (Å²) in [5.74, 6) is 0. The maximum Gasteiger partial charge on any atom is 0.0797 e. The van der Waals surface area contributed by atoms with Crippen LogP contribution in [0.4, 0.5) is 0 Å². The van der Waals surface area contributed by atoms with Crippen LogP contribution in [0.2, 0.25) is 0 Å².